The van der Waals surface area contributed by atoms with Crippen molar-refractivity contribution in [1.29, 1.82) is 0 Å². The molecule has 0 atom stereocenters. The first-order chi connectivity index (χ1) is 32.2. The van der Waals surface area contributed by atoms with Crippen molar-refractivity contribution < 1.29 is 0 Å². The van der Waals surface area contributed by atoms with Gasteiger partial charge in [-0.15, -0.1) is 0 Å². The largest absolute Gasteiger partial charge is 0.309 e. The SMILES string of the molecule is c1ccc(-n2c3ccccc3c3c4c(ccc32)c(-c2cccc(-c3ccc(-c5nc(-c6ccc7ccccc7c6)nc(-c6ccc7ccccc7c6)n5)cc3)c2)nc2ccccc24)cc1. The van der Waals surface area contributed by atoms with Gasteiger partial charge in [0.05, 0.1) is 22.2 Å². The van der Waals surface area contributed by atoms with Gasteiger partial charge in [0.25, 0.3) is 0 Å². The number of rotatable bonds is 6. The average molecular weight is 828 g/mol. The molecule has 65 heavy (non-hydrogen) atoms. The van der Waals surface area contributed by atoms with Gasteiger partial charge in [-0.1, -0.05) is 176 Å². The van der Waals surface area contributed by atoms with E-state index < -0.39 is 0 Å². The van der Waals surface area contributed by atoms with Crippen LogP contribution in [0.1, 0.15) is 0 Å². The molecule has 0 saturated heterocycles. The van der Waals surface area contributed by atoms with Gasteiger partial charge in [-0.3, -0.25) is 0 Å². The molecule has 0 spiro atoms. The number of hydrogen-bond acceptors (Lipinski definition) is 4. The summed E-state index contributed by atoms with van der Waals surface area (Å²) >= 11 is 0. The first kappa shape index (κ1) is 36.8. The predicted molar refractivity (Wildman–Crippen MR) is 269 cm³/mol. The zero-order valence-electron chi connectivity index (χ0n) is 35.1. The van der Waals surface area contributed by atoms with Gasteiger partial charge in [-0.2, -0.15) is 0 Å². The molecule has 0 aliphatic heterocycles. The summed E-state index contributed by atoms with van der Waals surface area (Å²) in [7, 11) is 0. The molecule has 3 aromatic heterocycles. The second-order valence-electron chi connectivity index (χ2n) is 16.6. The monoisotopic (exact) mass is 827 g/mol. The van der Waals surface area contributed by atoms with Crippen LogP contribution < -0.4 is 0 Å². The Labute approximate surface area is 374 Å². The Morgan fingerprint density at radius 3 is 1.54 bits per heavy atom. The lowest BCUT2D eigenvalue weighted by atomic mass is 9.94. The van der Waals surface area contributed by atoms with Crippen LogP contribution in [0.15, 0.2) is 224 Å². The molecule has 13 aromatic rings. The first-order valence-corrected chi connectivity index (χ1v) is 22.0. The van der Waals surface area contributed by atoms with Crippen LogP contribution in [0.4, 0.5) is 0 Å². The summed E-state index contributed by atoms with van der Waals surface area (Å²) in [6, 6.07) is 79.3. The highest BCUT2D eigenvalue weighted by Gasteiger charge is 2.20. The Kier molecular flexibility index (Phi) is 8.46. The maximum Gasteiger partial charge on any atom is 0.164 e. The number of fused-ring (bicyclic) bond motifs is 9. The molecule has 0 radical (unpaired) electrons. The second-order valence-corrected chi connectivity index (χ2v) is 16.6. The lowest BCUT2D eigenvalue weighted by molar-refractivity contribution is 1.08. The van der Waals surface area contributed by atoms with Crippen molar-refractivity contribution >= 4 is 65.0 Å². The van der Waals surface area contributed by atoms with Crippen molar-refractivity contribution in [3.05, 3.63) is 224 Å². The van der Waals surface area contributed by atoms with E-state index in [1.807, 2.05) is 0 Å². The summed E-state index contributed by atoms with van der Waals surface area (Å²) in [5.41, 5.74) is 11.5. The van der Waals surface area contributed by atoms with E-state index in [0.717, 1.165) is 71.8 Å². The van der Waals surface area contributed by atoms with Crippen LogP contribution in [0.25, 0.3) is 127 Å². The van der Waals surface area contributed by atoms with Crippen LogP contribution in [0.2, 0.25) is 0 Å². The molecular formula is C60H37N5. The fourth-order valence-corrected chi connectivity index (χ4v) is 9.65. The number of para-hydroxylation sites is 3. The number of nitrogens with zero attached hydrogens (tertiary/aromatic N) is 5. The van der Waals surface area contributed by atoms with Crippen molar-refractivity contribution in [2.45, 2.75) is 0 Å². The highest BCUT2D eigenvalue weighted by molar-refractivity contribution is 6.29. The Bertz CT molecular complexity index is 3900. The van der Waals surface area contributed by atoms with Gasteiger partial charge in [-0.25, -0.2) is 19.9 Å². The third-order valence-electron chi connectivity index (χ3n) is 12.8. The zero-order valence-corrected chi connectivity index (χ0v) is 35.1. The van der Waals surface area contributed by atoms with Gasteiger partial charge in [-0.05, 0) is 81.2 Å². The molecule has 10 aromatic carbocycles. The normalized spacial score (nSPS) is 11.7. The quantitative estimate of drug-likeness (QED) is 0.157. The van der Waals surface area contributed by atoms with Crippen molar-refractivity contribution in [2.75, 3.05) is 0 Å². The van der Waals surface area contributed by atoms with Crippen LogP contribution in [-0.4, -0.2) is 24.5 Å². The number of aromatic nitrogens is 5. The summed E-state index contributed by atoms with van der Waals surface area (Å²) in [6.07, 6.45) is 0. The van der Waals surface area contributed by atoms with Crippen molar-refractivity contribution in [2.24, 2.45) is 0 Å². The molecule has 302 valence electrons. The minimum absolute atomic E-state index is 0.624. The Hall–Kier alpha value is -8.80. The summed E-state index contributed by atoms with van der Waals surface area (Å²) in [4.78, 5) is 20.7. The molecular weight excluding hydrogens is 791 g/mol. The van der Waals surface area contributed by atoms with Gasteiger partial charge in [0.2, 0.25) is 0 Å². The van der Waals surface area contributed by atoms with Gasteiger partial charge < -0.3 is 4.57 Å². The Morgan fingerprint density at radius 1 is 0.277 bits per heavy atom. The maximum atomic E-state index is 5.38. The van der Waals surface area contributed by atoms with Gasteiger partial charge in [0, 0.05) is 54.9 Å². The Balaban J connectivity index is 0.925. The van der Waals surface area contributed by atoms with Crippen molar-refractivity contribution in [3.63, 3.8) is 0 Å². The van der Waals surface area contributed by atoms with E-state index in [0.29, 0.717) is 17.5 Å². The second kappa shape index (κ2) is 14.9. The fraction of sp³-hybridized carbons (Fsp3) is 0. The van der Waals surface area contributed by atoms with Gasteiger partial charge in [0.1, 0.15) is 0 Å². The predicted octanol–water partition coefficient (Wildman–Crippen LogP) is 15.3. The highest BCUT2D eigenvalue weighted by Crippen LogP contribution is 2.43. The molecule has 3 heterocycles. The third-order valence-corrected chi connectivity index (χ3v) is 12.8. The Morgan fingerprint density at radius 2 is 0.831 bits per heavy atom. The topological polar surface area (TPSA) is 56.5 Å². The van der Waals surface area contributed by atoms with Crippen molar-refractivity contribution in [1.82, 2.24) is 24.5 Å². The van der Waals surface area contributed by atoms with Gasteiger partial charge >= 0.3 is 0 Å². The average Bonchev–Trinajstić information content (AvgIpc) is 3.73. The van der Waals surface area contributed by atoms with E-state index in [9.17, 15) is 0 Å². The molecule has 5 nitrogen and oxygen atoms in total. The van der Waals surface area contributed by atoms with E-state index in [1.165, 1.54) is 38.0 Å². The van der Waals surface area contributed by atoms with E-state index in [4.69, 9.17) is 19.9 Å². The van der Waals surface area contributed by atoms with Crippen LogP contribution in [0.5, 0.6) is 0 Å². The highest BCUT2D eigenvalue weighted by atomic mass is 15.0. The van der Waals surface area contributed by atoms with Crippen LogP contribution in [0.3, 0.4) is 0 Å². The zero-order chi connectivity index (χ0) is 42.8. The summed E-state index contributed by atoms with van der Waals surface area (Å²) < 4.78 is 2.38. The number of hydrogen-bond donors (Lipinski definition) is 0. The molecule has 13 rings (SSSR count). The smallest absolute Gasteiger partial charge is 0.164 e. The molecule has 0 saturated carbocycles. The molecule has 0 bridgehead atoms. The standard InChI is InChI=1S/C60H37N5/c1-2-19-48(20-3-1)65-53-24-11-9-22-50(53)56-54(65)34-33-51-55(56)49-21-8-10-23-52(49)61-57(51)45-18-12-17-44(35-45)40-25-29-41(30-26-40)58-62-59(46-31-27-38-13-4-6-15-42(38)36-46)64-60(63-58)47-32-28-39-14-5-7-16-43(39)37-47/h1-37H. The lowest BCUT2D eigenvalue weighted by Crippen LogP contribution is -2.00. The van der Waals surface area contributed by atoms with E-state index in [-0.39, 0.29) is 0 Å². The van der Waals surface area contributed by atoms with Crippen LogP contribution in [-0.2, 0) is 0 Å². The van der Waals surface area contributed by atoms with E-state index >= 15 is 0 Å². The molecule has 0 aliphatic rings. The summed E-state index contributed by atoms with van der Waals surface area (Å²) in [5.74, 6) is 1.90. The van der Waals surface area contributed by atoms with E-state index in [1.54, 1.807) is 0 Å². The minimum atomic E-state index is 0.624. The third kappa shape index (κ3) is 6.24. The van der Waals surface area contributed by atoms with Crippen LogP contribution >= 0.6 is 0 Å². The fourth-order valence-electron chi connectivity index (χ4n) is 9.65. The minimum Gasteiger partial charge on any atom is -0.309 e. The molecule has 0 N–H and O–H groups in total. The van der Waals surface area contributed by atoms with Crippen LogP contribution in [0, 0.1) is 0 Å². The number of benzene rings is 10. The molecule has 5 heteroatoms. The summed E-state index contributed by atoms with van der Waals surface area (Å²) in [6.45, 7) is 0. The molecule has 0 unspecified atom stereocenters. The van der Waals surface area contributed by atoms with Crippen molar-refractivity contribution in [3.8, 4) is 62.2 Å². The number of pyridine rings is 1. The molecule has 0 fully saturated rings. The molecule has 0 aliphatic carbocycles. The first-order valence-electron chi connectivity index (χ1n) is 22.0. The maximum absolute atomic E-state index is 5.38. The van der Waals surface area contributed by atoms with E-state index in [2.05, 4.69) is 229 Å². The molecule has 0 amide bonds. The lowest BCUT2D eigenvalue weighted by Gasteiger charge is -2.14. The van der Waals surface area contributed by atoms with Gasteiger partial charge in [0.15, 0.2) is 17.5 Å². The summed E-state index contributed by atoms with van der Waals surface area (Å²) in [5, 5.41) is 10.6.